The molecule has 12 heteroatoms. The van der Waals surface area contributed by atoms with E-state index in [4.69, 9.17) is 29.9 Å². The van der Waals surface area contributed by atoms with Crippen LogP contribution < -0.4 is 30.4 Å². The van der Waals surface area contributed by atoms with Gasteiger partial charge in [-0.05, 0) is 49.4 Å². The van der Waals surface area contributed by atoms with Gasteiger partial charge in [0.2, 0.25) is 17.6 Å². The summed E-state index contributed by atoms with van der Waals surface area (Å²) in [6.07, 6.45) is 0. The van der Waals surface area contributed by atoms with Crippen LogP contribution in [0.15, 0.2) is 53.3 Å². The number of carbonyl (C=O) groups excluding carboxylic acids is 2. The van der Waals surface area contributed by atoms with Crippen LogP contribution in [0, 0.1) is 6.92 Å². The molecule has 12 nitrogen and oxygen atoms in total. The number of amides is 2. The number of anilines is 1. The second-order valence-corrected chi connectivity index (χ2v) is 9.46. The minimum Gasteiger partial charge on any atom is -0.493 e. The third-order valence-electron chi connectivity index (χ3n) is 7.10. The molecule has 0 unspecified atom stereocenters. The minimum absolute atomic E-state index is 0.159. The number of aromatic nitrogens is 3. The number of aryl methyl sites for hydroxylation is 1. The van der Waals surface area contributed by atoms with Crippen molar-refractivity contribution in [2.45, 2.75) is 6.92 Å². The van der Waals surface area contributed by atoms with E-state index in [-0.39, 0.29) is 11.5 Å². The molecule has 1 aliphatic heterocycles. The molecule has 5 rings (SSSR count). The Kier molecular flexibility index (Phi) is 7.47. The zero-order valence-corrected chi connectivity index (χ0v) is 23.2. The van der Waals surface area contributed by atoms with Crippen molar-refractivity contribution in [3.05, 3.63) is 75.7 Å². The SMILES string of the molecule is COc1cc(C(=O)N2CCN(c3nc(C)c4ccc(=O)n(-c5ccc(C(N)=O)cc5)c4n3)CC2)cc(OC)c1OC. The number of ether oxygens (including phenoxy) is 3. The molecular formula is C29H30N6O6. The molecule has 4 aromatic rings. The molecule has 3 heterocycles. The van der Waals surface area contributed by atoms with E-state index in [0.717, 1.165) is 5.39 Å². The number of primary amides is 1. The molecule has 2 aromatic heterocycles. The van der Waals surface area contributed by atoms with Gasteiger partial charge in [0, 0.05) is 48.8 Å². The van der Waals surface area contributed by atoms with Gasteiger partial charge < -0.3 is 29.7 Å². The van der Waals surface area contributed by atoms with E-state index in [2.05, 4.69) is 0 Å². The van der Waals surface area contributed by atoms with Gasteiger partial charge in [-0.15, -0.1) is 0 Å². The Morgan fingerprint density at radius 2 is 1.46 bits per heavy atom. The normalized spacial score (nSPS) is 13.3. The van der Waals surface area contributed by atoms with E-state index in [1.54, 1.807) is 47.4 Å². The number of pyridine rings is 1. The lowest BCUT2D eigenvalue weighted by Gasteiger charge is -2.35. The van der Waals surface area contributed by atoms with E-state index in [1.165, 1.54) is 32.0 Å². The van der Waals surface area contributed by atoms with Gasteiger partial charge in [-0.3, -0.25) is 19.0 Å². The van der Waals surface area contributed by atoms with Crippen LogP contribution in [0.3, 0.4) is 0 Å². The van der Waals surface area contributed by atoms with Gasteiger partial charge in [0.25, 0.3) is 11.5 Å². The number of hydrogen-bond acceptors (Lipinski definition) is 9. The van der Waals surface area contributed by atoms with Gasteiger partial charge in [0.15, 0.2) is 17.1 Å². The van der Waals surface area contributed by atoms with Crippen molar-refractivity contribution in [2.24, 2.45) is 5.73 Å². The van der Waals surface area contributed by atoms with Crippen molar-refractivity contribution >= 4 is 28.8 Å². The number of carbonyl (C=O) groups is 2. The average Bonchev–Trinajstić information content (AvgIpc) is 2.99. The predicted octanol–water partition coefficient (Wildman–Crippen LogP) is 2.18. The summed E-state index contributed by atoms with van der Waals surface area (Å²) in [5.41, 5.74) is 7.58. The molecule has 2 N–H and O–H groups in total. The molecule has 1 aliphatic rings. The van der Waals surface area contributed by atoms with Crippen molar-refractivity contribution in [3.8, 4) is 22.9 Å². The fraction of sp³-hybridized carbons (Fsp3) is 0.276. The first-order valence-electron chi connectivity index (χ1n) is 12.9. The summed E-state index contributed by atoms with van der Waals surface area (Å²) in [6, 6.07) is 12.9. The Morgan fingerprint density at radius 3 is 2.02 bits per heavy atom. The fourth-order valence-corrected chi connectivity index (χ4v) is 4.91. The number of fused-ring (bicyclic) bond motifs is 1. The Bertz CT molecular complexity index is 1670. The van der Waals surface area contributed by atoms with Crippen molar-refractivity contribution in [1.82, 2.24) is 19.4 Å². The van der Waals surface area contributed by atoms with Gasteiger partial charge >= 0.3 is 0 Å². The zero-order valence-electron chi connectivity index (χ0n) is 23.2. The maximum atomic E-state index is 13.4. The largest absolute Gasteiger partial charge is 0.493 e. The molecular weight excluding hydrogens is 528 g/mol. The molecule has 0 saturated carbocycles. The molecule has 0 aliphatic carbocycles. The number of benzene rings is 2. The first-order chi connectivity index (χ1) is 19.7. The molecule has 212 valence electrons. The van der Waals surface area contributed by atoms with Crippen molar-refractivity contribution in [2.75, 3.05) is 52.4 Å². The van der Waals surface area contributed by atoms with Crippen LogP contribution in [-0.4, -0.2) is 78.8 Å². The topological polar surface area (TPSA) is 142 Å². The number of rotatable bonds is 7. The Morgan fingerprint density at radius 1 is 0.829 bits per heavy atom. The second kappa shape index (κ2) is 11.2. The average molecular weight is 559 g/mol. The van der Waals surface area contributed by atoms with Gasteiger partial charge in [-0.1, -0.05) is 0 Å². The number of methoxy groups -OCH3 is 3. The van der Waals surface area contributed by atoms with E-state index in [1.807, 2.05) is 11.8 Å². The molecule has 1 fully saturated rings. The second-order valence-electron chi connectivity index (χ2n) is 9.46. The van der Waals surface area contributed by atoms with Gasteiger partial charge in [0.1, 0.15) is 0 Å². The smallest absolute Gasteiger partial charge is 0.256 e. The zero-order chi connectivity index (χ0) is 29.3. The highest BCUT2D eigenvalue weighted by molar-refractivity contribution is 5.96. The number of hydrogen-bond donors (Lipinski definition) is 1. The lowest BCUT2D eigenvalue weighted by atomic mass is 10.1. The Hall–Kier alpha value is -5.13. The monoisotopic (exact) mass is 558 g/mol. The summed E-state index contributed by atoms with van der Waals surface area (Å²) in [5.74, 6) is 0.983. The van der Waals surface area contributed by atoms with Crippen molar-refractivity contribution in [1.29, 1.82) is 0 Å². The van der Waals surface area contributed by atoms with Crippen molar-refractivity contribution in [3.63, 3.8) is 0 Å². The molecule has 0 radical (unpaired) electrons. The maximum absolute atomic E-state index is 13.4. The summed E-state index contributed by atoms with van der Waals surface area (Å²) in [5, 5.41) is 0.726. The van der Waals surface area contributed by atoms with E-state index < -0.39 is 5.91 Å². The van der Waals surface area contributed by atoms with Crippen LogP contribution in [-0.2, 0) is 0 Å². The van der Waals surface area contributed by atoms with Crippen LogP contribution >= 0.6 is 0 Å². The fourth-order valence-electron chi connectivity index (χ4n) is 4.91. The molecule has 41 heavy (non-hydrogen) atoms. The summed E-state index contributed by atoms with van der Waals surface area (Å²) in [7, 11) is 4.52. The molecule has 0 bridgehead atoms. The lowest BCUT2D eigenvalue weighted by Crippen LogP contribution is -2.49. The van der Waals surface area contributed by atoms with E-state index in [9.17, 15) is 14.4 Å². The molecule has 2 aromatic carbocycles. The van der Waals surface area contributed by atoms with Crippen LogP contribution in [0.1, 0.15) is 26.4 Å². The molecule has 0 spiro atoms. The lowest BCUT2D eigenvalue weighted by molar-refractivity contribution is 0.0745. The van der Waals surface area contributed by atoms with Gasteiger partial charge in [-0.25, -0.2) is 4.98 Å². The summed E-state index contributed by atoms with van der Waals surface area (Å²) in [4.78, 5) is 51.1. The number of nitrogens with zero attached hydrogens (tertiary/aromatic N) is 5. The molecule has 1 saturated heterocycles. The standard InChI is InChI=1S/C29H30N6O6/c1-17-21-9-10-24(36)35(20-7-5-18(6-8-20)26(30)37)27(21)32-29(31-17)34-13-11-33(12-14-34)28(38)19-15-22(39-2)25(41-4)23(16-19)40-3/h5-10,15-16H,11-14H2,1-4H3,(H2,30,37). The van der Waals surface area contributed by atoms with E-state index >= 15 is 0 Å². The van der Waals surface area contributed by atoms with Crippen molar-refractivity contribution < 1.29 is 23.8 Å². The first kappa shape index (κ1) is 27.4. The van der Waals surface area contributed by atoms with Crippen LogP contribution in [0.25, 0.3) is 16.7 Å². The summed E-state index contributed by atoms with van der Waals surface area (Å²) < 4.78 is 17.7. The van der Waals surface area contributed by atoms with Gasteiger partial charge in [-0.2, -0.15) is 4.98 Å². The minimum atomic E-state index is -0.551. The van der Waals surface area contributed by atoms with Gasteiger partial charge in [0.05, 0.1) is 32.7 Å². The quantitative estimate of drug-likeness (QED) is 0.361. The third-order valence-corrected chi connectivity index (χ3v) is 7.10. The Balaban J connectivity index is 1.42. The number of nitrogens with two attached hydrogens (primary N) is 1. The summed E-state index contributed by atoms with van der Waals surface area (Å²) in [6.45, 7) is 3.72. The van der Waals surface area contributed by atoms with Crippen LogP contribution in [0.4, 0.5) is 5.95 Å². The predicted molar refractivity (Wildman–Crippen MR) is 153 cm³/mol. The third kappa shape index (κ3) is 5.11. The highest BCUT2D eigenvalue weighted by atomic mass is 16.5. The first-order valence-corrected chi connectivity index (χ1v) is 12.9. The molecule has 2 amide bonds. The highest BCUT2D eigenvalue weighted by Gasteiger charge is 2.26. The van der Waals surface area contributed by atoms with E-state index in [0.29, 0.717) is 77.5 Å². The Labute approximate surface area is 235 Å². The highest BCUT2D eigenvalue weighted by Crippen LogP contribution is 2.38. The van der Waals surface area contributed by atoms with Crippen LogP contribution in [0.2, 0.25) is 0 Å². The summed E-state index contributed by atoms with van der Waals surface area (Å²) >= 11 is 0. The number of piperazine rings is 1. The molecule has 0 atom stereocenters. The van der Waals surface area contributed by atoms with Crippen LogP contribution in [0.5, 0.6) is 17.2 Å². The maximum Gasteiger partial charge on any atom is 0.256 e.